The predicted octanol–water partition coefficient (Wildman–Crippen LogP) is 4.01. The summed E-state index contributed by atoms with van der Waals surface area (Å²) in [7, 11) is 0. The van der Waals surface area contributed by atoms with Gasteiger partial charge in [0.05, 0.1) is 5.56 Å². The van der Waals surface area contributed by atoms with Crippen LogP contribution in [0.4, 0.5) is 13.2 Å². The second-order valence-corrected chi connectivity index (χ2v) is 6.15. The van der Waals surface area contributed by atoms with E-state index in [0.717, 1.165) is 31.4 Å². The first kappa shape index (κ1) is 14.9. The molecule has 5 heteroatoms. The van der Waals surface area contributed by atoms with Gasteiger partial charge >= 0.3 is 6.18 Å². The second-order valence-electron chi connectivity index (χ2n) is 6.15. The van der Waals surface area contributed by atoms with Crippen LogP contribution in [0.25, 0.3) is 0 Å². The first-order valence-corrected chi connectivity index (χ1v) is 6.65. The lowest BCUT2D eigenvalue weighted by Crippen LogP contribution is -2.33. The Balaban J connectivity index is 2.00. The third kappa shape index (κ3) is 3.52. The lowest BCUT2D eigenvalue weighted by molar-refractivity contribution is -0.137. The third-order valence-corrected chi connectivity index (χ3v) is 3.78. The normalized spacial score (nSPS) is 21.8. The molecule has 110 valence electrons. The zero-order valence-corrected chi connectivity index (χ0v) is 11.6. The van der Waals surface area contributed by atoms with Crippen molar-refractivity contribution in [2.45, 2.75) is 45.3 Å². The Morgan fingerprint density at radius 1 is 1.25 bits per heavy atom. The minimum absolute atomic E-state index is 0.111. The maximum Gasteiger partial charge on any atom is 0.416 e. The van der Waals surface area contributed by atoms with Gasteiger partial charge in [0.2, 0.25) is 0 Å². The van der Waals surface area contributed by atoms with Gasteiger partial charge in [0.15, 0.2) is 0 Å². The van der Waals surface area contributed by atoms with Crippen molar-refractivity contribution in [1.82, 2.24) is 5.32 Å². The average molecular weight is 285 g/mol. The van der Waals surface area contributed by atoms with Gasteiger partial charge in [0, 0.05) is 11.6 Å². The molecule has 1 aliphatic carbocycles. The molecule has 1 aromatic carbocycles. The number of amides is 1. The Kier molecular flexibility index (Phi) is 3.80. The molecule has 1 fully saturated rings. The molecule has 1 N–H and O–H groups in total. The lowest BCUT2D eigenvalue weighted by atomic mass is 9.92. The first-order valence-electron chi connectivity index (χ1n) is 6.65. The largest absolute Gasteiger partial charge is 0.416 e. The van der Waals surface area contributed by atoms with E-state index in [4.69, 9.17) is 0 Å². The minimum atomic E-state index is -4.37. The zero-order valence-electron chi connectivity index (χ0n) is 11.6. The number of benzene rings is 1. The van der Waals surface area contributed by atoms with Gasteiger partial charge < -0.3 is 5.32 Å². The van der Waals surface area contributed by atoms with E-state index in [1.807, 2.05) is 0 Å². The van der Waals surface area contributed by atoms with E-state index >= 15 is 0 Å². The fraction of sp³-hybridized carbons (Fsp3) is 0.533. The number of rotatable bonds is 2. The Labute approximate surface area is 116 Å². The van der Waals surface area contributed by atoms with Gasteiger partial charge in [0.25, 0.3) is 5.91 Å². The quantitative estimate of drug-likeness (QED) is 0.874. The summed E-state index contributed by atoms with van der Waals surface area (Å²) in [5.41, 5.74) is -0.253. The molecule has 0 spiro atoms. The molecule has 2 nitrogen and oxygen atoms in total. The van der Waals surface area contributed by atoms with Crippen molar-refractivity contribution < 1.29 is 18.0 Å². The minimum Gasteiger partial charge on any atom is -0.349 e. The average Bonchev–Trinajstić information content (AvgIpc) is 2.67. The van der Waals surface area contributed by atoms with Crippen molar-refractivity contribution in [3.05, 3.63) is 35.4 Å². The highest BCUT2D eigenvalue weighted by Gasteiger charge is 2.32. The van der Waals surface area contributed by atoms with Gasteiger partial charge in [-0.2, -0.15) is 13.2 Å². The van der Waals surface area contributed by atoms with E-state index in [1.54, 1.807) is 0 Å². The Bertz CT molecular complexity index is 491. The number of hydrogen-bond acceptors (Lipinski definition) is 1. The fourth-order valence-corrected chi connectivity index (χ4v) is 2.64. The molecule has 0 saturated heterocycles. The smallest absolute Gasteiger partial charge is 0.349 e. The highest BCUT2D eigenvalue weighted by atomic mass is 19.4. The number of nitrogens with one attached hydrogen (secondary N) is 1. The zero-order chi connectivity index (χ0) is 15.0. The third-order valence-electron chi connectivity index (χ3n) is 3.78. The summed E-state index contributed by atoms with van der Waals surface area (Å²) in [6, 6.07) is 4.43. The molecule has 0 aliphatic heterocycles. The maximum absolute atomic E-state index is 12.4. The summed E-state index contributed by atoms with van der Waals surface area (Å²) in [6.07, 6.45) is -1.51. The second kappa shape index (κ2) is 5.11. The number of alkyl halides is 3. The van der Waals surface area contributed by atoms with E-state index in [-0.39, 0.29) is 22.9 Å². The van der Waals surface area contributed by atoms with Crippen LogP contribution in [0.15, 0.2) is 24.3 Å². The lowest BCUT2D eigenvalue weighted by Gasteiger charge is -2.18. The molecule has 1 saturated carbocycles. The SMILES string of the molecule is CC1(C)CCC(NC(=O)c2ccc(C(F)(F)F)cc2)C1. The molecule has 1 unspecified atom stereocenters. The van der Waals surface area contributed by atoms with Crippen molar-refractivity contribution in [1.29, 1.82) is 0 Å². The van der Waals surface area contributed by atoms with Crippen molar-refractivity contribution in [2.75, 3.05) is 0 Å². The van der Waals surface area contributed by atoms with Crippen LogP contribution in [0, 0.1) is 5.41 Å². The van der Waals surface area contributed by atoms with Crippen LogP contribution >= 0.6 is 0 Å². The molecule has 20 heavy (non-hydrogen) atoms. The van der Waals surface area contributed by atoms with E-state index in [0.29, 0.717) is 0 Å². The highest BCUT2D eigenvalue weighted by molar-refractivity contribution is 5.94. The molecule has 1 amide bonds. The standard InChI is InChI=1S/C15H18F3NO/c1-14(2)8-7-12(9-14)19-13(20)10-3-5-11(6-4-10)15(16,17)18/h3-6,12H,7-9H2,1-2H3,(H,19,20). The fourth-order valence-electron chi connectivity index (χ4n) is 2.64. The Hall–Kier alpha value is -1.52. The summed E-state index contributed by atoms with van der Waals surface area (Å²) in [6.45, 7) is 4.30. The summed E-state index contributed by atoms with van der Waals surface area (Å²) in [5.74, 6) is -0.304. The van der Waals surface area contributed by atoms with Crippen LogP contribution < -0.4 is 5.32 Å². The molecule has 1 aliphatic rings. The predicted molar refractivity (Wildman–Crippen MR) is 70.3 cm³/mol. The topological polar surface area (TPSA) is 29.1 Å². The van der Waals surface area contributed by atoms with Crippen LogP contribution in [0.3, 0.4) is 0 Å². The summed E-state index contributed by atoms with van der Waals surface area (Å²) in [4.78, 5) is 12.0. The van der Waals surface area contributed by atoms with Crippen LogP contribution in [0.1, 0.15) is 49.0 Å². The van der Waals surface area contributed by atoms with Crippen LogP contribution in [0.5, 0.6) is 0 Å². The molecular formula is C15H18F3NO. The van der Waals surface area contributed by atoms with Gasteiger partial charge in [-0.3, -0.25) is 4.79 Å². The molecule has 0 heterocycles. The maximum atomic E-state index is 12.4. The van der Waals surface area contributed by atoms with Crippen LogP contribution in [0.2, 0.25) is 0 Å². The van der Waals surface area contributed by atoms with Crippen LogP contribution in [-0.2, 0) is 6.18 Å². The molecular weight excluding hydrogens is 267 g/mol. The van der Waals surface area contributed by atoms with Gasteiger partial charge in [0.1, 0.15) is 0 Å². The molecule has 0 bridgehead atoms. The van der Waals surface area contributed by atoms with Gasteiger partial charge in [-0.05, 0) is 48.9 Å². The Morgan fingerprint density at radius 3 is 2.30 bits per heavy atom. The molecule has 0 aromatic heterocycles. The van der Waals surface area contributed by atoms with Crippen molar-refractivity contribution in [3.8, 4) is 0 Å². The summed E-state index contributed by atoms with van der Waals surface area (Å²) >= 11 is 0. The first-order chi connectivity index (χ1) is 9.17. The summed E-state index contributed by atoms with van der Waals surface area (Å²) < 4.78 is 37.3. The number of halogens is 3. The monoisotopic (exact) mass is 285 g/mol. The van der Waals surface area contributed by atoms with E-state index in [9.17, 15) is 18.0 Å². The van der Waals surface area contributed by atoms with E-state index in [2.05, 4.69) is 19.2 Å². The summed E-state index contributed by atoms with van der Waals surface area (Å²) in [5, 5.41) is 2.89. The number of carbonyl (C=O) groups is 1. The van der Waals surface area contributed by atoms with Gasteiger partial charge in [-0.25, -0.2) is 0 Å². The number of hydrogen-bond donors (Lipinski definition) is 1. The molecule has 1 atom stereocenters. The molecule has 1 aromatic rings. The van der Waals surface area contributed by atoms with Crippen molar-refractivity contribution >= 4 is 5.91 Å². The van der Waals surface area contributed by atoms with Gasteiger partial charge in [-0.15, -0.1) is 0 Å². The Morgan fingerprint density at radius 2 is 1.85 bits per heavy atom. The molecule has 0 radical (unpaired) electrons. The van der Waals surface area contributed by atoms with Crippen molar-refractivity contribution in [3.63, 3.8) is 0 Å². The van der Waals surface area contributed by atoms with Gasteiger partial charge in [-0.1, -0.05) is 13.8 Å². The van der Waals surface area contributed by atoms with Crippen molar-refractivity contribution in [2.24, 2.45) is 5.41 Å². The highest BCUT2D eigenvalue weighted by Crippen LogP contribution is 2.37. The van der Waals surface area contributed by atoms with E-state index < -0.39 is 11.7 Å². The molecule has 2 rings (SSSR count). The van der Waals surface area contributed by atoms with E-state index in [1.165, 1.54) is 12.1 Å². The number of carbonyl (C=O) groups excluding carboxylic acids is 1. The van der Waals surface area contributed by atoms with Crippen LogP contribution in [-0.4, -0.2) is 11.9 Å².